The number of hydrogen-bond acceptors (Lipinski definition) is 4. The van der Waals surface area contributed by atoms with Gasteiger partial charge in [0.25, 0.3) is 11.5 Å². The molecule has 116 valence electrons. The van der Waals surface area contributed by atoms with E-state index in [2.05, 4.69) is 17.0 Å². The Kier molecular flexibility index (Phi) is 4.05. The second kappa shape index (κ2) is 5.64. The van der Waals surface area contributed by atoms with E-state index < -0.39 is 15.7 Å². The molecule has 0 aliphatic carbocycles. The lowest BCUT2D eigenvalue weighted by Gasteiger charge is -2.04. The van der Waals surface area contributed by atoms with Crippen LogP contribution in [0.5, 0.6) is 0 Å². The zero-order valence-corrected chi connectivity index (χ0v) is 12.9. The van der Waals surface area contributed by atoms with Crippen LogP contribution in [-0.2, 0) is 14.6 Å². The number of aromatic amines is 1. The quantitative estimate of drug-likeness (QED) is 0.823. The fraction of sp³-hybridized carbons (Fsp3) is 0.143. The number of nitrogens with one attached hydrogen (secondary N) is 2. The molecule has 2 aromatic rings. The lowest BCUT2D eigenvalue weighted by Crippen LogP contribution is -2.14. The molecule has 22 heavy (non-hydrogen) atoms. The highest BCUT2D eigenvalue weighted by molar-refractivity contribution is 7.90. The molecule has 0 aliphatic rings. The number of nitrogens with zero attached hydrogens (tertiary/aromatic N) is 1. The number of rotatable bonds is 4. The smallest absolute Gasteiger partial charge is 0.273 e. The molecular weight excluding hydrogens is 306 g/mol. The van der Waals surface area contributed by atoms with Crippen molar-refractivity contribution in [2.24, 2.45) is 0 Å². The van der Waals surface area contributed by atoms with Crippen LogP contribution in [0.15, 0.2) is 52.2 Å². The Morgan fingerprint density at radius 3 is 2.36 bits per heavy atom. The maximum Gasteiger partial charge on any atom is 0.273 e. The third kappa shape index (κ3) is 3.34. The number of H-pyrrole nitrogens is 1. The van der Waals surface area contributed by atoms with Crippen LogP contribution >= 0.6 is 0 Å². The molecule has 1 aromatic heterocycles. The van der Waals surface area contributed by atoms with E-state index in [9.17, 15) is 18.0 Å². The third-order valence-electron chi connectivity index (χ3n) is 2.88. The minimum absolute atomic E-state index is 0.159. The van der Waals surface area contributed by atoms with Gasteiger partial charge < -0.3 is 5.32 Å². The van der Waals surface area contributed by atoms with Gasteiger partial charge in [-0.3, -0.25) is 14.7 Å². The number of anilines is 1. The van der Waals surface area contributed by atoms with Gasteiger partial charge in [-0.05, 0) is 31.2 Å². The second-order valence-electron chi connectivity index (χ2n) is 4.84. The number of benzene rings is 1. The first-order valence-corrected chi connectivity index (χ1v) is 8.17. The molecule has 7 nitrogen and oxygen atoms in total. The molecule has 0 saturated carbocycles. The highest BCUT2D eigenvalue weighted by atomic mass is 32.2. The summed E-state index contributed by atoms with van der Waals surface area (Å²) in [6.07, 6.45) is 1.11. The fourth-order valence-corrected chi connectivity index (χ4v) is 2.35. The van der Waals surface area contributed by atoms with Gasteiger partial charge in [-0.25, -0.2) is 13.1 Å². The van der Waals surface area contributed by atoms with Gasteiger partial charge in [0.2, 0.25) is 0 Å². The molecule has 0 bridgehead atoms. The van der Waals surface area contributed by atoms with E-state index in [0.29, 0.717) is 11.3 Å². The molecule has 2 rings (SSSR count). The van der Waals surface area contributed by atoms with Crippen molar-refractivity contribution in [3.63, 3.8) is 0 Å². The third-order valence-corrected chi connectivity index (χ3v) is 4.01. The number of hydrogen-bond donors (Lipinski definition) is 2. The Morgan fingerprint density at radius 1 is 1.27 bits per heavy atom. The van der Waals surface area contributed by atoms with Crippen LogP contribution in [-0.4, -0.2) is 30.4 Å². The molecule has 0 fully saturated rings. The predicted molar refractivity (Wildman–Crippen MR) is 82.9 cm³/mol. The molecule has 0 radical (unpaired) electrons. The van der Waals surface area contributed by atoms with Crippen LogP contribution in [0.25, 0.3) is 5.69 Å². The Morgan fingerprint density at radius 2 is 1.86 bits per heavy atom. The molecule has 0 unspecified atom stereocenters. The van der Waals surface area contributed by atoms with Gasteiger partial charge in [0.05, 0.1) is 10.6 Å². The molecule has 1 heterocycles. The summed E-state index contributed by atoms with van der Waals surface area (Å²) in [6, 6.07) is 7.04. The highest BCUT2D eigenvalue weighted by Gasteiger charge is 2.10. The molecule has 8 heteroatoms. The maximum absolute atomic E-state index is 11.9. The molecule has 2 N–H and O–H groups in total. The van der Waals surface area contributed by atoms with E-state index in [4.69, 9.17) is 0 Å². The van der Waals surface area contributed by atoms with Crippen molar-refractivity contribution in [3.8, 4) is 5.69 Å². The van der Waals surface area contributed by atoms with Gasteiger partial charge in [0.1, 0.15) is 5.82 Å². The lowest BCUT2D eigenvalue weighted by atomic mass is 10.3. The molecule has 0 aliphatic heterocycles. The van der Waals surface area contributed by atoms with Crippen LogP contribution in [0.3, 0.4) is 0 Å². The number of carbonyl (C=O) groups is 1. The normalized spacial score (nSPS) is 11.2. The number of carbonyl (C=O) groups excluding carboxylic acids is 1. The van der Waals surface area contributed by atoms with E-state index in [-0.39, 0.29) is 16.3 Å². The average Bonchev–Trinajstić information content (AvgIpc) is 2.78. The first-order chi connectivity index (χ1) is 10.2. The van der Waals surface area contributed by atoms with E-state index in [1.54, 1.807) is 6.92 Å². The number of aromatic nitrogens is 2. The zero-order chi connectivity index (χ0) is 16.5. The van der Waals surface area contributed by atoms with Crippen molar-refractivity contribution in [2.45, 2.75) is 11.8 Å². The first-order valence-electron chi connectivity index (χ1n) is 6.28. The summed E-state index contributed by atoms with van der Waals surface area (Å²) in [5.41, 5.74) is 0.378. The Hall–Kier alpha value is -2.61. The summed E-state index contributed by atoms with van der Waals surface area (Å²) in [5, 5.41) is 5.22. The Labute approximate surface area is 127 Å². The molecule has 0 atom stereocenters. The van der Waals surface area contributed by atoms with Gasteiger partial charge in [0.15, 0.2) is 9.84 Å². The average molecular weight is 321 g/mol. The first kappa shape index (κ1) is 15.8. The van der Waals surface area contributed by atoms with Crippen molar-refractivity contribution in [1.82, 2.24) is 9.78 Å². The zero-order valence-electron chi connectivity index (χ0n) is 12.1. The predicted octanol–water partition coefficient (Wildman–Crippen LogP) is 1.08. The largest absolute Gasteiger partial charge is 0.307 e. The van der Waals surface area contributed by atoms with Crippen LogP contribution in [0, 0.1) is 0 Å². The standard InChI is InChI=1S/C14H15N3O4S/c1-9(2)14(19)15-12-8-13(18)17(16-12)10-4-6-11(7-5-10)22(3,20)21/h4-8,16H,1H2,2-3H3,(H,15,19). The van der Waals surface area contributed by atoms with Gasteiger partial charge in [-0.1, -0.05) is 6.58 Å². The SMILES string of the molecule is C=C(C)C(=O)Nc1cc(=O)n(-c2ccc(S(C)(=O)=O)cc2)[nH]1. The van der Waals surface area contributed by atoms with Crippen molar-refractivity contribution in [2.75, 3.05) is 11.6 Å². The summed E-state index contributed by atoms with van der Waals surface area (Å²) < 4.78 is 24.0. The molecule has 0 spiro atoms. The summed E-state index contributed by atoms with van der Waals surface area (Å²) in [5.74, 6) is -0.175. The topological polar surface area (TPSA) is 101 Å². The minimum atomic E-state index is -3.30. The summed E-state index contributed by atoms with van der Waals surface area (Å²) in [6.45, 7) is 5.05. The lowest BCUT2D eigenvalue weighted by molar-refractivity contribution is -0.112. The molecule has 0 saturated heterocycles. The van der Waals surface area contributed by atoms with Crippen LogP contribution < -0.4 is 10.9 Å². The second-order valence-corrected chi connectivity index (χ2v) is 6.86. The highest BCUT2D eigenvalue weighted by Crippen LogP contribution is 2.13. The van der Waals surface area contributed by atoms with E-state index in [0.717, 1.165) is 6.26 Å². The van der Waals surface area contributed by atoms with Gasteiger partial charge in [-0.15, -0.1) is 0 Å². The van der Waals surface area contributed by atoms with E-state index in [1.165, 1.54) is 35.0 Å². The Bertz CT molecular complexity index is 889. The van der Waals surface area contributed by atoms with Gasteiger partial charge >= 0.3 is 0 Å². The summed E-state index contributed by atoms with van der Waals surface area (Å²) in [7, 11) is -3.30. The number of amides is 1. The molecular formula is C14H15N3O4S. The van der Waals surface area contributed by atoms with Crippen molar-refractivity contribution in [1.29, 1.82) is 0 Å². The van der Waals surface area contributed by atoms with E-state index in [1.807, 2.05) is 0 Å². The van der Waals surface area contributed by atoms with Crippen molar-refractivity contribution in [3.05, 3.63) is 52.8 Å². The van der Waals surface area contributed by atoms with E-state index >= 15 is 0 Å². The fourth-order valence-electron chi connectivity index (χ4n) is 1.72. The van der Waals surface area contributed by atoms with Gasteiger partial charge in [0, 0.05) is 17.9 Å². The van der Waals surface area contributed by atoms with Gasteiger partial charge in [-0.2, -0.15) is 0 Å². The molecule has 1 aromatic carbocycles. The summed E-state index contributed by atoms with van der Waals surface area (Å²) >= 11 is 0. The Balaban J connectivity index is 2.34. The van der Waals surface area contributed by atoms with Crippen LogP contribution in [0.1, 0.15) is 6.92 Å². The molecule has 1 amide bonds. The summed E-state index contributed by atoms with van der Waals surface area (Å²) in [4.78, 5) is 23.6. The minimum Gasteiger partial charge on any atom is -0.307 e. The van der Waals surface area contributed by atoms with Crippen LogP contribution in [0.2, 0.25) is 0 Å². The number of sulfone groups is 1. The van der Waals surface area contributed by atoms with Crippen LogP contribution in [0.4, 0.5) is 5.82 Å². The van der Waals surface area contributed by atoms with Crippen molar-refractivity contribution >= 4 is 21.6 Å². The monoisotopic (exact) mass is 321 g/mol. The maximum atomic E-state index is 11.9. The van der Waals surface area contributed by atoms with Crippen molar-refractivity contribution < 1.29 is 13.2 Å².